The van der Waals surface area contributed by atoms with Gasteiger partial charge in [-0.2, -0.15) is 0 Å². The second-order valence-electron chi connectivity index (χ2n) is 5.84. The summed E-state index contributed by atoms with van der Waals surface area (Å²) in [5.74, 6) is 2.57. The fourth-order valence-corrected chi connectivity index (χ4v) is 1.95. The molecule has 0 spiro atoms. The molecule has 0 aliphatic carbocycles. The van der Waals surface area contributed by atoms with Crippen molar-refractivity contribution in [1.29, 1.82) is 0 Å². The predicted octanol–water partition coefficient (Wildman–Crippen LogP) is 3.67. The highest BCUT2D eigenvalue weighted by Gasteiger charge is 2.07. The molecule has 0 aliphatic rings. The lowest BCUT2D eigenvalue weighted by atomic mass is 10.2. The van der Waals surface area contributed by atoms with Gasteiger partial charge in [-0.1, -0.05) is 27.2 Å². The first-order chi connectivity index (χ1) is 10.1. The molecule has 0 saturated carbocycles. The van der Waals surface area contributed by atoms with Crippen LogP contribution in [-0.4, -0.2) is 26.4 Å². The Kier molecular flexibility index (Phi) is 9.39. The van der Waals surface area contributed by atoms with Crippen molar-refractivity contribution in [3.63, 3.8) is 0 Å². The van der Waals surface area contributed by atoms with Gasteiger partial charge in [0.2, 0.25) is 0 Å². The van der Waals surface area contributed by atoms with Crippen molar-refractivity contribution in [1.82, 2.24) is 5.32 Å². The van der Waals surface area contributed by atoms with Gasteiger partial charge in [0.1, 0.15) is 11.5 Å². The first-order valence-corrected chi connectivity index (χ1v) is 8.07. The summed E-state index contributed by atoms with van der Waals surface area (Å²) in [6, 6.07) is 2.08. The van der Waals surface area contributed by atoms with E-state index in [-0.39, 0.29) is 0 Å². The Morgan fingerprint density at radius 3 is 2.67 bits per heavy atom. The smallest absolute Gasteiger partial charge is 0.118 e. The zero-order valence-electron chi connectivity index (χ0n) is 14.0. The molecule has 1 N–H and O–H groups in total. The highest BCUT2D eigenvalue weighted by molar-refractivity contribution is 5.19. The molecule has 1 heterocycles. The maximum Gasteiger partial charge on any atom is 0.118 e. The number of hydrogen-bond acceptors (Lipinski definition) is 4. The average Bonchev–Trinajstić information content (AvgIpc) is 2.78. The SMILES string of the molecule is CCCCOCCOCc1cc(CNCC(C)C)oc1C. The van der Waals surface area contributed by atoms with Crippen molar-refractivity contribution in [2.75, 3.05) is 26.4 Å². The summed E-state index contributed by atoms with van der Waals surface area (Å²) in [6.45, 7) is 13.0. The van der Waals surface area contributed by atoms with Crippen molar-refractivity contribution in [3.05, 3.63) is 23.2 Å². The van der Waals surface area contributed by atoms with Crippen LogP contribution in [-0.2, 0) is 22.6 Å². The van der Waals surface area contributed by atoms with Gasteiger partial charge in [-0.05, 0) is 31.9 Å². The summed E-state index contributed by atoms with van der Waals surface area (Å²) >= 11 is 0. The van der Waals surface area contributed by atoms with Crippen LogP contribution >= 0.6 is 0 Å². The summed E-state index contributed by atoms with van der Waals surface area (Å²) in [5, 5.41) is 3.38. The van der Waals surface area contributed by atoms with Gasteiger partial charge in [0.05, 0.1) is 26.4 Å². The molecular weight excluding hydrogens is 266 g/mol. The number of nitrogens with one attached hydrogen (secondary N) is 1. The van der Waals surface area contributed by atoms with Gasteiger partial charge in [0.15, 0.2) is 0 Å². The molecule has 0 aromatic carbocycles. The molecule has 0 atom stereocenters. The average molecular weight is 297 g/mol. The van der Waals surface area contributed by atoms with E-state index >= 15 is 0 Å². The summed E-state index contributed by atoms with van der Waals surface area (Å²) in [7, 11) is 0. The molecule has 0 bridgehead atoms. The molecule has 1 aromatic heterocycles. The number of aryl methyl sites for hydroxylation is 1. The van der Waals surface area contributed by atoms with Crippen LogP contribution in [0.2, 0.25) is 0 Å². The lowest BCUT2D eigenvalue weighted by molar-refractivity contribution is 0.0393. The van der Waals surface area contributed by atoms with Gasteiger partial charge in [-0.15, -0.1) is 0 Å². The third-order valence-electron chi connectivity index (χ3n) is 3.20. The molecule has 122 valence electrons. The van der Waals surface area contributed by atoms with E-state index < -0.39 is 0 Å². The van der Waals surface area contributed by atoms with Gasteiger partial charge in [0.25, 0.3) is 0 Å². The van der Waals surface area contributed by atoms with Crippen molar-refractivity contribution >= 4 is 0 Å². The van der Waals surface area contributed by atoms with E-state index in [4.69, 9.17) is 13.9 Å². The Morgan fingerprint density at radius 2 is 1.95 bits per heavy atom. The molecule has 0 unspecified atom stereocenters. The molecule has 0 fully saturated rings. The predicted molar refractivity (Wildman–Crippen MR) is 85.4 cm³/mol. The van der Waals surface area contributed by atoms with Crippen molar-refractivity contribution in [3.8, 4) is 0 Å². The lowest BCUT2D eigenvalue weighted by Gasteiger charge is -2.04. The molecule has 1 rings (SSSR count). The first kappa shape index (κ1) is 18.2. The standard InChI is InChI=1S/C17H31NO3/c1-5-6-7-19-8-9-20-13-16-10-17(21-15(16)4)12-18-11-14(2)3/h10,14,18H,5-9,11-13H2,1-4H3. The molecule has 4 nitrogen and oxygen atoms in total. The van der Waals surface area contributed by atoms with Crippen LogP contribution in [0.5, 0.6) is 0 Å². The lowest BCUT2D eigenvalue weighted by Crippen LogP contribution is -2.18. The normalized spacial score (nSPS) is 11.5. The van der Waals surface area contributed by atoms with E-state index in [9.17, 15) is 0 Å². The van der Waals surface area contributed by atoms with E-state index in [1.165, 1.54) is 6.42 Å². The number of furan rings is 1. The fraction of sp³-hybridized carbons (Fsp3) is 0.765. The van der Waals surface area contributed by atoms with E-state index in [0.717, 1.165) is 43.2 Å². The Morgan fingerprint density at radius 1 is 1.19 bits per heavy atom. The van der Waals surface area contributed by atoms with Crippen LogP contribution in [0.3, 0.4) is 0 Å². The number of rotatable bonds is 12. The van der Waals surface area contributed by atoms with Gasteiger partial charge < -0.3 is 19.2 Å². The van der Waals surface area contributed by atoms with Crippen LogP contribution in [0, 0.1) is 12.8 Å². The zero-order valence-corrected chi connectivity index (χ0v) is 14.0. The Bertz CT molecular complexity index is 374. The molecule has 0 radical (unpaired) electrons. The number of unbranched alkanes of at least 4 members (excludes halogenated alkanes) is 1. The first-order valence-electron chi connectivity index (χ1n) is 8.07. The summed E-state index contributed by atoms with van der Waals surface area (Å²) in [6.07, 6.45) is 2.29. The maximum absolute atomic E-state index is 5.73. The van der Waals surface area contributed by atoms with Gasteiger partial charge in [-0.3, -0.25) is 0 Å². The molecule has 4 heteroatoms. The quantitative estimate of drug-likeness (QED) is 0.598. The summed E-state index contributed by atoms with van der Waals surface area (Å²) < 4.78 is 16.8. The minimum Gasteiger partial charge on any atom is -0.465 e. The monoisotopic (exact) mass is 297 g/mol. The third kappa shape index (κ3) is 8.24. The molecule has 0 aliphatic heterocycles. The van der Waals surface area contributed by atoms with Crippen molar-refractivity contribution in [2.45, 2.75) is 53.7 Å². The van der Waals surface area contributed by atoms with Gasteiger partial charge >= 0.3 is 0 Å². The van der Waals surface area contributed by atoms with E-state index in [1.54, 1.807) is 0 Å². The summed E-state index contributed by atoms with van der Waals surface area (Å²) in [4.78, 5) is 0. The van der Waals surface area contributed by atoms with Crippen molar-refractivity contribution < 1.29 is 13.9 Å². The molecular formula is C17H31NO3. The highest BCUT2D eigenvalue weighted by Crippen LogP contribution is 2.15. The van der Waals surface area contributed by atoms with E-state index in [2.05, 4.69) is 32.2 Å². The fourth-order valence-electron chi connectivity index (χ4n) is 1.95. The van der Waals surface area contributed by atoms with Crippen LogP contribution in [0.25, 0.3) is 0 Å². The van der Waals surface area contributed by atoms with E-state index in [1.807, 2.05) is 6.92 Å². The maximum atomic E-state index is 5.73. The Labute approximate surface area is 129 Å². The van der Waals surface area contributed by atoms with Crippen LogP contribution in [0.1, 0.15) is 50.7 Å². The number of hydrogen-bond donors (Lipinski definition) is 1. The second-order valence-corrected chi connectivity index (χ2v) is 5.84. The molecule has 1 aromatic rings. The topological polar surface area (TPSA) is 43.6 Å². The minimum absolute atomic E-state index is 0.594. The molecule has 21 heavy (non-hydrogen) atoms. The van der Waals surface area contributed by atoms with Crippen molar-refractivity contribution in [2.24, 2.45) is 5.92 Å². The third-order valence-corrected chi connectivity index (χ3v) is 3.20. The largest absolute Gasteiger partial charge is 0.465 e. The summed E-state index contributed by atoms with van der Waals surface area (Å²) in [5.41, 5.74) is 1.13. The number of ether oxygens (including phenoxy) is 2. The molecule has 0 saturated heterocycles. The van der Waals surface area contributed by atoms with E-state index in [0.29, 0.717) is 25.7 Å². The second kappa shape index (κ2) is 10.8. The zero-order chi connectivity index (χ0) is 15.5. The van der Waals surface area contributed by atoms with Gasteiger partial charge in [-0.25, -0.2) is 0 Å². The van der Waals surface area contributed by atoms with Crippen LogP contribution in [0.4, 0.5) is 0 Å². The molecule has 0 amide bonds. The van der Waals surface area contributed by atoms with Crippen LogP contribution in [0.15, 0.2) is 10.5 Å². The Balaban J connectivity index is 2.18. The van der Waals surface area contributed by atoms with Gasteiger partial charge in [0, 0.05) is 12.2 Å². The van der Waals surface area contributed by atoms with Crippen LogP contribution < -0.4 is 5.32 Å². The Hall–Kier alpha value is -0.840. The minimum atomic E-state index is 0.594. The highest BCUT2D eigenvalue weighted by atomic mass is 16.5.